The first kappa shape index (κ1) is 17.0. The van der Waals surface area contributed by atoms with E-state index in [1.54, 1.807) is 13.2 Å². The molecule has 1 N–H and O–H groups in total. The maximum absolute atomic E-state index is 12.1. The molecule has 6 nitrogen and oxygen atoms in total. The topological polar surface area (TPSA) is 59.3 Å². The second-order valence-corrected chi connectivity index (χ2v) is 7.23. The van der Waals surface area contributed by atoms with Gasteiger partial charge in [0.05, 0.1) is 0 Å². The van der Waals surface area contributed by atoms with E-state index < -0.39 is 0 Å². The third kappa shape index (κ3) is 3.67. The van der Waals surface area contributed by atoms with Crippen LogP contribution in [0.2, 0.25) is 0 Å². The molecule has 1 aromatic heterocycles. The maximum Gasteiger partial charge on any atom is 0.330 e. The van der Waals surface area contributed by atoms with E-state index in [4.69, 9.17) is 0 Å². The van der Waals surface area contributed by atoms with E-state index in [-0.39, 0.29) is 16.8 Å². The molecular formula is C16H28N4O2. The zero-order chi connectivity index (χ0) is 16.5. The minimum atomic E-state index is -0.285. The van der Waals surface area contributed by atoms with Gasteiger partial charge in [0, 0.05) is 57.1 Å². The Morgan fingerprint density at radius 2 is 1.77 bits per heavy atom. The molecule has 0 radical (unpaired) electrons. The predicted octanol–water partition coefficient (Wildman–Crippen LogP) is 0.437. The number of hydrogen-bond acceptors (Lipinski definition) is 4. The molecule has 0 amide bonds. The van der Waals surface area contributed by atoms with Crippen molar-refractivity contribution >= 4 is 0 Å². The fourth-order valence-corrected chi connectivity index (χ4v) is 3.01. The van der Waals surface area contributed by atoms with Crippen LogP contribution in [0.25, 0.3) is 0 Å². The fourth-order valence-electron chi connectivity index (χ4n) is 3.01. The van der Waals surface area contributed by atoms with Crippen molar-refractivity contribution in [2.75, 3.05) is 13.1 Å². The van der Waals surface area contributed by atoms with E-state index in [0.717, 1.165) is 25.9 Å². The summed E-state index contributed by atoms with van der Waals surface area (Å²) in [4.78, 5) is 26.3. The summed E-state index contributed by atoms with van der Waals surface area (Å²) in [7, 11) is 3.20. The monoisotopic (exact) mass is 308 g/mol. The molecule has 0 spiro atoms. The molecule has 0 bridgehead atoms. The second kappa shape index (κ2) is 6.38. The van der Waals surface area contributed by atoms with Crippen molar-refractivity contribution in [2.45, 2.75) is 51.7 Å². The van der Waals surface area contributed by atoms with E-state index in [1.165, 1.54) is 16.2 Å². The number of hydrogen-bond donors (Lipinski definition) is 1. The average molecular weight is 308 g/mol. The maximum atomic E-state index is 12.1. The quantitative estimate of drug-likeness (QED) is 0.880. The largest absolute Gasteiger partial charge is 0.330 e. The van der Waals surface area contributed by atoms with E-state index in [2.05, 4.69) is 31.0 Å². The molecule has 0 saturated carbocycles. The van der Waals surface area contributed by atoms with Crippen molar-refractivity contribution in [2.24, 2.45) is 14.1 Å². The Balaban J connectivity index is 1.96. The summed E-state index contributed by atoms with van der Waals surface area (Å²) in [6.07, 6.45) is 3.81. The lowest BCUT2D eigenvalue weighted by Crippen LogP contribution is -2.50. The van der Waals surface area contributed by atoms with Gasteiger partial charge in [-0.25, -0.2) is 4.79 Å². The van der Waals surface area contributed by atoms with Crippen molar-refractivity contribution in [3.8, 4) is 0 Å². The Morgan fingerprint density at radius 3 is 2.32 bits per heavy atom. The van der Waals surface area contributed by atoms with Gasteiger partial charge in [0.2, 0.25) is 0 Å². The van der Waals surface area contributed by atoms with Crippen LogP contribution in [0.4, 0.5) is 0 Å². The van der Waals surface area contributed by atoms with Crippen LogP contribution in [0.15, 0.2) is 15.8 Å². The van der Waals surface area contributed by atoms with Crippen LogP contribution >= 0.6 is 0 Å². The minimum absolute atomic E-state index is 0.206. The molecule has 2 rings (SSSR count). The average Bonchev–Trinajstić information content (AvgIpc) is 2.47. The van der Waals surface area contributed by atoms with Crippen LogP contribution in [0.3, 0.4) is 0 Å². The van der Waals surface area contributed by atoms with Crippen LogP contribution < -0.4 is 16.6 Å². The van der Waals surface area contributed by atoms with Gasteiger partial charge < -0.3 is 9.88 Å². The van der Waals surface area contributed by atoms with Crippen LogP contribution in [0, 0.1) is 0 Å². The molecule has 0 unspecified atom stereocenters. The third-order valence-corrected chi connectivity index (χ3v) is 4.54. The number of nitrogens with one attached hydrogen (secondary N) is 1. The summed E-state index contributed by atoms with van der Waals surface area (Å²) in [5.41, 5.74) is 0.372. The Kier molecular flexibility index (Phi) is 4.92. The molecule has 1 aliphatic heterocycles. The second-order valence-electron chi connectivity index (χ2n) is 7.23. The molecule has 0 aliphatic carbocycles. The van der Waals surface area contributed by atoms with Gasteiger partial charge in [-0.3, -0.25) is 14.3 Å². The van der Waals surface area contributed by atoms with Crippen LogP contribution in [-0.4, -0.2) is 38.7 Å². The Hall–Kier alpha value is -1.40. The number of aromatic nitrogens is 2. The third-order valence-electron chi connectivity index (χ3n) is 4.54. The van der Waals surface area contributed by atoms with Crippen LogP contribution in [-0.2, 0) is 20.6 Å². The highest BCUT2D eigenvalue weighted by atomic mass is 16.2. The Bertz CT molecular complexity index is 631. The molecule has 1 aromatic rings. The van der Waals surface area contributed by atoms with Crippen molar-refractivity contribution in [1.29, 1.82) is 0 Å². The Labute approximate surface area is 131 Å². The first-order valence-corrected chi connectivity index (χ1v) is 7.94. The predicted molar refractivity (Wildman–Crippen MR) is 88.1 cm³/mol. The smallest absolute Gasteiger partial charge is 0.310 e. The zero-order valence-electron chi connectivity index (χ0n) is 14.3. The van der Waals surface area contributed by atoms with Gasteiger partial charge in [-0.05, 0) is 33.6 Å². The van der Waals surface area contributed by atoms with Gasteiger partial charge in [-0.15, -0.1) is 0 Å². The SMILES string of the molecule is Cn1cc(CNC2CCN(C(C)(C)C)CC2)c(=O)n(C)c1=O. The van der Waals surface area contributed by atoms with Gasteiger partial charge >= 0.3 is 5.69 Å². The molecule has 1 aliphatic rings. The summed E-state index contributed by atoms with van der Waals surface area (Å²) in [5, 5.41) is 3.47. The first-order chi connectivity index (χ1) is 10.2. The van der Waals surface area contributed by atoms with Crippen LogP contribution in [0.5, 0.6) is 0 Å². The van der Waals surface area contributed by atoms with Gasteiger partial charge in [0.15, 0.2) is 0 Å². The summed E-state index contributed by atoms with van der Waals surface area (Å²) < 4.78 is 2.62. The first-order valence-electron chi connectivity index (χ1n) is 7.94. The molecule has 6 heteroatoms. The molecular weight excluding hydrogens is 280 g/mol. The molecule has 0 aromatic carbocycles. The fraction of sp³-hybridized carbons (Fsp3) is 0.750. The lowest BCUT2D eigenvalue weighted by Gasteiger charge is -2.41. The number of piperidine rings is 1. The number of aryl methyl sites for hydroxylation is 1. The van der Waals surface area contributed by atoms with Crippen molar-refractivity contribution < 1.29 is 0 Å². The van der Waals surface area contributed by atoms with E-state index in [0.29, 0.717) is 18.2 Å². The summed E-state index contributed by atoms with van der Waals surface area (Å²) >= 11 is 0. The highest BCUT2D eigenvalue weighted by molar-refractivity contribution is 5.05. The zero-order valence-corrected chi connectivity index (χ0v) is 14.3. The molecule has 1 saturated heterocycles. The number of rotatable bonds is 3. The van der Waals surface area contributed by atoms with Gasteiger partial charge in [0.1, 0.15) is 0 Å². The van der Waals surface area contributed by atoms with E-state index >= 15 is 0 Å². The normalized spacial score (nSPS) is 17.9. The van der Waals surface area contributed by atoms with E-state index in [9.17, 15) is 9.59 Å². The molecule has 2 heterocycles. The molecule has 22 heavy (non-hydrogen) atoms. The van der Waals surface area contributed by atoms with Crippen molar-refractivity contribution in [1.82, 2.24) is 19.4 Å². The van der Waals surface area contributed by atoms with Crippen molar-refractivity contribution in [3.05, 3.63) is 32.6 Å². The van der Waals surface area contributed by atoms with Crippen molar-refractivity contribution in [3.63, 3.8) is 0 Å². The molecule has 0 atom stereocenters. The highest BCUT2D eigenvalue weighted by Crippen LogP contribution is 2.20. The van der Waals surface area contributed by atoms with Crippen LogP contribution in [0.1, 0.15) is 39.2 Å². The summed E-state index contributed by atoms with van der Waals surface area (Å²) in [6.45, 7) is 9.40. The molecule has 1 fully saturated rings. The van der Waals surface area contributed by atoms with E-state index in [1.807, 2.05) is 0 Å². The Morgan fingerprint density at radius 1 is 1.18 bits per heavy atom. The van der Waals surface area contributed by atoms with Gasteiger partial charge in [0.25, 0.3) is 5.56 Å². The lowest BCUT2D eigenvalue weighted by molar-refractivity contribution is 0.0960. The molecule has 124 valence electrons. The number of nitrogens with zero attached hydrogens (tertiary/aromatic N) is 3. The van der Waals surface area contributed by atoms with Gasteiger partial charge in [-0.1, -0.05) is 0 Å². The standard InChI is InChI=1S/C16H28N4O2/c1-16(2,3)20-8-6-13(7-9-20)17-10-12-11-18(4)15(22)19(5)14(12)21/h11,13,17H,6-10H2,1-5H3. The highest BCUT2D eigenvalue weighted by Gasteiger charge is 2.26. The minimum Gasteiger partial charge on any atom is -0.310 e. The number of likely N-dealkylation sites (tertiary alicyclic amines) is 1. The summed E-state index contributed by atoms with van der Waals surface area (Å²) in [6, 6.07) is 0.431. The summed E-state index contributed by atoms with van der Waals surface area (Å²) in [5.74, 6) is 0. The van der Waals surface area contributed by atoms with Gasteiger partial charge in [-0.2, -0.15) is 0 Å². The lowest BCUT2D eigenvalue weighted by atomic mass is 9.98.